The molecule has 0 fully saturated rings. The van der Waals surface area contributed by atoms with Crippen LogP contribution in [0.5, 0.6) is 5.75 Å². The van der Waals surface area contributed by atoms with Crippen molar-refractivity contribution < 1.29 is 9.66 Å². The van der Waals surface area contributed by atoms with E-state index in [4.69, 9.17) is 4.74 Å². The van der Waals surface area contributed by atoms with Gasteiger partial charge in [-0.05, 0) is 19.1 Å². The third kappa shape index (κ3) is 2.10. The van der Waals surface area contributed by atoms with E-state index < -0.39 is 4.92 Å². The van der Waals surface area contributed by atoms with Crippen LogP contribution in [-0.2, 0) is 0 Å². The molecule has 0 aliphatic carbocycles. The molecule has 0 atom stereocenters. The fourth-order valence-electron chi connectivity index (χ4n) is 1.13. The zero-order chi connectivity index (χ0) is 10.6. The summed E-state index contributed by atoms with van der Waals surface area (Å²) in [6.45, 7) is 1.81. The van der Waals surface area contributed by atoms with Crippen molar-refractivity contribution in [3.8, 4) is 5.75 Å². The Morgan fingerprint density at radius 2 is 2.21 bits per heavy atom. The van der Waals surface area contributed by atoms with Gasteiger partial charge >= 0.3 is 0 Å². The van der Waals surface area contributed by atoms with Gasteiger partial charge in [0.25, 0.3) is 5.69 Å². The van der Waals surface area contributed by atoms with Gasteiger partial charge in [0.15, 0.2) is 0 Å². The second-order valence-corrected chi connectivity index (χ2v) is 2.68. The van der Waals surface area contributed by atoms with Gasteiger partial charge < -0.3 is 4.74 Å². The minimum absolute atomic E-state index is 0.0578. The number of nitro benzene ring substituents is 1. The van der Waals surface area contributed by atoms with Crippen LogP contribution in [0.1, 0.15) is 12.5 Å². The fraction of sp³-hybridized carbons (Fsp3) is 0.200. The smallest absolute Gasteiger partial charge is 0.280 e. The maximum absolute atomic E-state index is 10.7. The monoisotopic (exact) mass is 193 g/mol. The molecule has 4 nitrogen and oxygen atoms in total. The Bertz CT molecular complexity index is 372. The molecule has 14 heavy (non-hydrogen) atoms. The molecule has 74 valence electrons. The summed E-state index contributed by atoms with van der Waals surface area (Å²) < 4.78 is 4.91. The first-order valence-electron chi connectivity index (χ1n) is 4.14. The minimum atomic E-state index is -0.419. The summed E-state index contributed by atoms with van der Waals surface area (Å²) in [6, 6.07) is 4.77. The van der Waals surface area contributed by atoms with E-state index in [1.807, 2.05) is 6.92 Å². The predicted molar refractivity (Wildman–Crippen MR) is 54.4 cm³/mol. The predicted octanol–water partition coefficient (Wildman–Crippen LogP) is 2.64. The van der Waals surface area contributed by atoms with Gasteiger partial charge in [-0.25, -0.2) is 0 Å². The Kier molecular flexibility index (Phi) is 3.23. The molecule has 0 bridgehead atoms. The average Bonchev–Trinajstić information content (AvgIpc) is 2.18. The average molecular weight is 193 g/mol. The number of hydrogen-bond donors (Lipinski definition) is 0. The van der Waals surface area contributed by atoms with Crippen LogP contribution in [0, 0.1) is 10.1 Å². The third-order valence-corrected chi connectivity index (χ3v) is 1.78. The van der Waals surface area contributed by atoms with Gasteiger partial charge in [-0.2, -0.15) is 0 Å². The Morgan fingerprint density at radius 3 is 2.71 bits per heavy atom. The standard InChI is InChI=1S/C10H11NO3/c1-3-4-8-5-6-9(14-2)7-10(8)11(12)13/h3-7H,1-2H3. The molecular weight excluding hydrogens is 182 g/mol. The molecule has 0 aromatic heterocycles. The summed E-state index contributed by atoms with van der Waals surface area (Å²) in [7, 11) is 1.48. The van der Waals surface area contributed by atoms with Crippen molar-refractivity contribution in [3.05, 3.63) is 40.0 Å². The maximum atomic E-state index is 10.7. The lowest BCUT2D eigenvalue weighted by Crippen LogP contribution is -1.92. The SMILES string of the molecule is CC=Cc1ccc(OC)cc1[N+](=O)[O-]. The van der Waals surface area contributed by atoms with E-state index >= 15 is 0 Å². The van der Waals surface area contributed by atoms with Crippen LogP contribution in [0.4, 0.5) is 5.69 Å². The molecule has 1 aromatic carbocycles. The van der Waals surface area contributed by atoms with Gasteiger partial charge in [0, 0.05) is 0 Å². The van der Waals surface area contributed by atoms with E-state index in [1.165, 1.54) is 13.2 Å². The Balaban J connectivity index is 3.23. The third-order valence-electron chi connectivity index (χ3n) is 1.78. The van der Waals surface area contributed by atoms with Gasteiger partial charge in [0.05, 0.1) is 23.7 Å². The fourth-order valence-corrected chi connectivity index (χ4v) is 1.13. The molecule has 0 saturated carbocycles. The summed E-state index contributed by atoms with van der Waals surface area (Å²) in [5, 5.41) is 10.7. The highest BCUT2D eigenvalue weighted by molar-refractivity contribution is 5.62. The van der Waals surface area contributed by atoms with Gasteiger partial charge in [-0.15, -0.1) is 0 Å². The van der Waals surface area contributed by atoms with Crippen LogP contribution in [0.2, 0.25) is 0 Å². The van der Waals surface area contributed by atoms with Crippen molar-refractivity contribution in [2.24, 2.45) is 0 Å². The lowest BCUT2D eigenvalue weighted by molar-refractivity contribution is -0.385. The maximum Gasteiger partial charge on any atom is 0.280 e. The van der Waals surface area contributed by atoms with E-state index in [1.54, 1.807) is 24.3 Å². The zero-order valence-electron chi connectivity index (χ0n) is 8.06. The van der Waals surface area contributed by atoms with Gasteiger partial charge in [0.2, 0.25) is 0 Å². The molecule has 0 aliphatic rings. The molecule has 0 aliphatic heterocycles. The molecule has 0 spiro atoms. The molecule has 1 aromatic rings. The summed E-state index contributed by atoms with van der Waals surface area (Å²) in [6.07, 6.45) is 3.45. The van der Waals surface area contributed by atoms with Crippen molar-refractivity contribution >= 4 is 11.8 Å². The second kappa shape index (κ2) is 4.41. The number of hydrogen-bond acceptors (Lipinski definition) is 3. The second-order valence-electron chi connectivity index (χ2n) is 2.68. The molecule has 0 amide bonds. The first-order chi connectivity index (χ1) is 6.69. The molecular formula is C10H11NO3. The Hall–Kier alpha value is -1.84. The van der Waals surface area contributed by atoms with Crippen LogP contribution in [-0.4, -0.2) is 12.0 Å². The summed E-state index contributed by atoms with van der Waals surface area (Å²) >= 11 is 0. The molecule has 0 heterocycles. The zero-order valence-corrected chi connectivity index (χ0v) is 8.06. The lowest BCUT2D eigenvalue weighted by Gasteiger charge is -2.01. The van der Waals surface area contributed by atoms with Crippen LogP contribution < -0.4 is 4.74 Å². The van der Waals surface area contributed by atoms with Gasteiger partial charge in [0.1, 0.15) is 5.75 Å². The highest BCUT2D eigenvalue weighted by Gasteiger charge is 2.12. The molecule has 0 saturated heterocycles. The Morgan fingerprint density at radius 1 is 1.50 bits per heavy atom. The highest BCUT2D eigenvalue weighted by atomic mass is 16.6. The first kappa shape index (κ1) is 10.2. The summed E-state index contributed by atoms with van der Waals surface area (Å²) in [5.74, 6) is 0.491. The topological polar surface area (TPSA) is 52.4 Å². The summed E-state index contributed by atoms with van der Waals surface area (Å²) in [4.78, 5) is 10.3. The highest BCUT2D eigenvalue weighted by Crippen LogP contribution is 2.25. The Labute approximate surface area is 82.0 Å². The van der Waals surface area contributed by atoms with Crippen molar-refractivity contribution in [1.29, 1.82) is 0 Å². The van der Waals surface area contributed by atoms with Crippen LogP contribution in [0.3, 0.4) is 0 Å². The van der Waals surface area contributed by atoms with Crippen molar-refractivity contribution in [1.82, 2.24) is 0 Å². The van der Waals surface area contributed by atoms with E-state index in [0.717, 1.165) is 0 Å². The molecule has 0 N–H and O–H groups in total. The number of nitro groups is 1. The first-order valence-corrected chi connectivity index (χ1v) is 4.14. The number of methoxy groups -OCH3 is 1. The van der Waals surface area contributed by atoms with E-state index in [-0.39, 0.29) is 5.69 Å². The van der Waals surface area contributed by atoms with Gasteiger partial charge in [-0.1, -0.05) is 12.2 Å². The van der Waals surface area contributed by atoms with E-state index in [2.05, 4.69) is 0 Å². The summed E-state index contributed by atoms with van der Waals surface area (Å²) in [5.41, 5.74) is 0.640. The van der Waals surface area contributed by atoms with E-state index in [9.17, 15) is 10.1 Å². The van der Waals surface area contributed by atoms with Crippen LogP contribution in [0.25, 0.3) is 6.08 Å². The largest absolute Gasteiger partial charge is 0.497 e. The minimum Gasteiger partial charge on any atom is -0.497 e. The van der Waals surface area contributed by atoms with Gasteiger partial charge in [-0.3, -0.25) is 10.1 Å². The molecule has 0 unspecified atom stereocenters. The van der Waals surface area contributed by atoms with E-state index in [0.29, 0.717) is 11.3 Å². The van der Waals surface area contributed by atoms with Crippen LogP contribution >= 0.6 is 0 Å². The van der Waals surface area contributed by atoms with Crippen molar-refractivity contribution in [3.63, 3.8) is 0 Å². The number of allylic oxidation sites excluding steroid dienone is 1. The van der Waals surface area contributed by atoms with Crippen molar-refractivity contribution in [2.45, 2.75) is 6.92 Å². The molecule has 1 rings (SSSR count). The number of benzene rings is 1. The molecule has 0 radical (unpaired) electrons. The molecule has 4 heteroatoms. The quantitative estimate of drug-likeness (QED) is 0.547. The number of rotatable bonds is 3. The number of ether oxygens (including phenoxy) is 1. The lowest BCUT2D eigenvalue weighted by atomic mass is 10.1. The van der Waals surface area contributed by atoms with Crippen LogP contribution in [0.15, 0.2) is 24.3 Å². The normalized spacial score (nSPS) is 10.4. The van der Waals surface area contributed by atoms with Crippen molar-refractivity contribution in [2.75, 3.05) is 7.11 Å². The number of nitrogens with zero attached hydrogens (tertiary/aromatic N) is 1.